The van der Waals surface area contributed by atoms with Crippen LogP contribution in [0.5, 0.6) is 0 Å². The molecule has 3 nitrogen and oxygen atoms in total. The van der Waals surface area contributed by atoms with Crippen LogP contribution in [0.2, 0.25) is 0 Å². The minimum absolute atomic E-state index is 0.0695. The van der Waals surface area contributed by atoms with Crippen LogP contribution in [0.4, 0.5) is 0 Å². The lowest BCUT2D eigenvalue weighted by atomic mass is 9.99. The monoisotopic (exact) mass is 242 g/mol. The van der Waals surface area contributed by atoms with Crippen LogP contribution in [-0.4, -0.2) is 13.5 Å². The molecular weight excluding hydrogens is 224 g/mol. The van der Waals surface area contributed by atoms with Crippen molar-refractivity contribution in [1.29, 1.82) is 0 Å². The standard InChI is InChI=1S/C14H13NO.CH5N/c16-11-15-14(12-7-3-1-4-8-12)13-9-5-2-6-10-13;1-2/h1-11,14H,(H,15,16);2H2,1H3. The van der Waals surface area contributed by atoms with Crippen molar-refractivity contribution in [3.05, 3.63) is 71.8 Å². The molecule has 3 heteroatoms. The topological polar surface area (TPSA) is 55.1 Å². The first kappa shape index (κ1) is 13.9. The van der Waals surface area contributed by atoms with Gasteiger partial charge in [-0.3, -0.25) is 4.79 Å². The summed E-state index contributed by atoms with van der Waals surface area (Å²) in [4.78, 5) is 10.7. The molecule has 0 unspecified atom stereocenters. The molecule has 0 atom stereocenters. The Kier molecular flexibility index (Phi) is 6.22. The summed E-state index contributed by atoms with van der Waals surface area (Å²) in [6, 6.07) is 19.8. The van der Waals surface area contributed by atoms with Crippen molar-refractivity contribution >= 4 is 6.41 Å². The summed E-state index contributed by atoms with van der Waals surface area (Å²) in [6.07, 6.45) is 0.741. The fraction of sp³-hybridized carbons (Fsp3) is 0.133. The molecule has 0 aliphatic heterocycles. The van der Waals surface area contributed by atoms with Crippen molar-refractivity contribution in [3.63, 3.8) is 0 Å². The lowest BCUT2D eigenvalue weighted by Crippen LogP contribution is -2.20. The number of hydrogen-bond acceptors (Lipinski definition) is 2. The molecule has 2 rings (SSSR count). The van der Waals surface area contributed by atoms with Crippen LogP contribution in [0.25, 0.3) is 0 Å². The van der Waals surface area contributed by atoms with Crippen molar-refractivity contribution in [3.8, 4) is 0 Å². The van der Waals surface area contributed by atoms with Gasteiger partial charge in [0.25, 0.3) is 0 Å². The molecule has 1 amide bonds. The van der Waals surface area contributed by atoms with Gasteiger partial charge in [-0.25, -0.2) is 0 Å². The molecule has 0 spiro atoms. The van der Waals surface area contributed by atoms with Crippen LogP contribution in [-0.2, 0) is 4.79 Å². The molecule has 0 aliphatic carbocycles. The molecule has 3 N–H and O–H groups in total. The van der Waals surface area contributed by atoms with E-state index in [1.165, 1.54) is 7.05 Å². The molecule has 0 bridgehead atoms. The van der Waals surface area contributed by atoms with E-state index in [1.54, 1.807) is 0 Å². The predicted octanol–water partition coefficient (Wildman–Crippen LogP) is 2.10. The second kappa shape index (κ2) is 8.03. The third-order valence-corrected chi connectivity index (χ3v) is 2.50. The zero-order valence-corrected chi connectivity index (χ0v) is 10.4. The highest BCUT2D eigenvalue weighted by atomic mass is 16.1. The predicted molar refractivity (Wildman–Crippen MR) is 74.0 cm³/mol. The SMILES string of the molecule is CN.O=CNC(c1ccccc1)c1ccccc1. The van der Waals surface area contributed by atoms with Crippen LogP contribution in [0.15, 0.2) is 60.7 Å². The van der Waals surface area contributed by atoms with Gasteiger partial charge in [0.1, 0.15) is 0 Å². The normalized spacial score (nSPS) is 9.28. The maximum Gasteiger partial charge on any atom is 0.207 e. The summed E-state index contributed by atoms with van der Waals surface area (Å²) in [7, 11) is 1.50. The Labute approximate surface area is 108 Å². The van der Waals surface area contributed by atoms with E-state index in [-0.39, 0.29) is 6.04 Å². The summed E-state index contributed by atoms with van der Waals surface area (Å²) in [5, 5.41) is 2.83. The highest BCUT2D eigenvalue weighted by Crippen LogP contribution is 2.20. The zero-order chi connectivity index (χ0) is 13.2. The van der Waals surface area contributed by atoms with Gasteiger partial charge in [0, 0.05) is 0 Å². The van der Waals surface area contributed by atoms with Gasteiger partial charge in [-0.15, -0.1) is 0 Å². The summed E-state index contributed by atoms with van der Waals surface area (Å²) >= 11 is 0. The van der Waals surface area contributed by atoms with Crippen molar-refractivity contribution in [1.82, 2.24) is 5.32 Å². The van der Waals surface area contributed by atoms with Gasteiger partial charge in [-0.1, -0.05) is 60.7 Å². The van der Waals surface area contributed by atoms with E-state index in [9.17, 15) is 4.79 Å². The van der Waals surface area contributed by atoms with E-state index in [0.717, 1.165) is 17.5 Å². The number of nitrogens with one attached hydrogen (secondary N) is 1. The first-order valence-corrected chi connectivity index (χ1v) is 5.79. The Hall–Kier alpha value is -2.13. The minimum atomic E-state index is -0.0695. The molecule has 94 valence electrons. The molecule has 2 aromatic rings. The number of amides is 1. The first-order chi connectivity index (χ1) is 8.92. The number of rotatable bonds is 4. The number of nitrogens with two attached hydrogens (primary N) is 1. The first-order valence-electron chi connectivity index (χ1n) is 5.79. The maximum atomic E-state index is 10.7. The van der Waals surface area contributed by atoms with Crippen molar-refractivity contribution < 1.29 is 4.79 Å². The van der Waals surface area contributed by atoms with E-state index in [4.69, 9.17) is 0 Å². The van der Waals surface area contributed by atoms with E-state index < -0.39 is 0 Å². The van der Waals surface area contributed by atoms with Crippen LogP contribution in [0.1, 0.15) is 17.2 Å². The van der Waals surface area contributed by atoms with E-state index >= 15 is 0 Å². The van der Waals surface area contributed by atoms with Gasteiger partial charge < -0.3 is 11.1 Å². The molecule has 0 saturated heterocycles. The quantitative estimate of drug-likeness (QED) is 0.807. The average Bonchev–Trinajstić information content (AvgIpc) is 2.49. The van der Waals surface area contributed by atoms with E-state index in [1.807, 2.05) is 60.7 Å². The van der Waals surface area contributed by atoms with Gasteiger partial charge in [-0.2, -0.15) is 0 Å². The van der Waals surface area contributed by atoms with Gasteiger partial charge in [0.2, 0.25) is 6.41 Å². The highest BCUT2D eigenvalue weighted by Gasteiger charge is 2.11. The molecule has 0 saturated carbocycles. The van der Waals surface area contributed by atoms with Gasteiger partial charge in [0.15, 0.2) is 0 Å². The van der Waals surface area contributed by atoms with E-state index in [0.29, 0.717) is 0 Å². The number of hydrogen-bond donors (Lipinski definition) is 2. The summed E-state index contributed by atoms with van der Waals surface area (Å²) in [6.45, 7) is 0. The summed E-state index contributed by atoms with van der Waals surface area (Å²) in [5.41, 5.74) is 6.67. The Balaban J connectivity index is 0.000000771. The number of carbonyl (C=O) groups is 1. The average molecular weight is 242 g/mol. The van der Waals surface area contributed by atoms with E-state index in [2.05, 4.69) is 11.1 Å². The van der Waals surface area contributed by atoms with Crippen LogP contribution in [0, 0.1) is 0 Å². The molecular formula is C15H18N2O. The Bertz CT molecular complexity index is 403. The van der Waals surface area contributed by atoms with Crippen molar-refractivity contribution in [2.75, 3.05) is 7.05 Å². The fourth-order valence-corrected chi connectivity index (χ4v) is 1.74. The summed E-state index contributed by atoms with van der Waals surface area (Å²) in [5.74, 6) is 0. The zero-order valence-electron chi connectivity index (χ0n) is 10.4. The third-order valence-electron chi connectivity index (χ3n) is 2.50. The maximum absolute atomic E-state index is 10.7. The van der Waals surface area contributed by atoms with Crippen LogP contribution < -0.4 is 11.1 Å². The fourth-order valence-electron chi connectivity index (χ4n) is 1.74. The number of carbonyl (C=O) groups excluding carboxylic acids is 1. The highest BCUT2D eigenvalue weighted by molar-refractivity contribution is 5.50. The van der Waals surface area contributed by atoms with Gasteiger partial charge in [-0.05, 0) is 18.2 Å². The van der Waals surface area contributed by atoms with Crippen LogP contribution in [0.3, 0.4) is 0 Å². The van der Waals surface area contributed by atoms with Crippen molar-refractivity contribution in [2.45, 2.75) is 6.04 Å². The molecule has 18 heavy (non-hydrogen) atoms. The third kappa shape index (κ3) is 3.71. The number of benzene rings is 2. The second-order valence-corrected chi connectivity index (χ2v) is 3.54. The molecule has 0 aromatic heterocycles. The Morgan fingerprint density at radius 1 is 0.889 bits per heavy atom. The summed E-state index contributed by atoms with van der Waals surface area (Å²) < 4.78 is 0. The van der Waals surface area contributed by atoms with Crippen LogP contribution >= 0.6 is 0 Å². The van der Waals surface area contributed by atoms with Crippen molar-refractivity contribution in [2.24, 2.45) is 5.73 Å². The lowest BCUT2D eigenvalue weighted by Gasteiger charge is -2.16. The second-order valence-electron chi connectivity index (χ2n) is 3.54. The van der Waals surface area contributed by atoms with Gasteiger partial charge >= 0.3 is 0 Å². The smallest absolute Gasteiger partial charge is 0.207 e. The van der Waals surface area contributed by atoms with Gasteiger partial charge in [0.05, 0.1) is 6.04 Å². The molecule has 0 aliphatic rings. The Morgan fingerprint density at radius 2 is 1.28 bits per heavy atom. The molecule has 0 fully saturated rings. The molecule has 2 aromatic carbocycles. The largest absolute Gasteiger partial charge is 0.348 e. The minimum Gasteiger partial charge on any atom is -0.348 e. The Morgan fingerprint density at radius 3 is 1.61 bits per heavy atom. The lowest BCUT2D eigenvalue weighted by molar-refractivity contribution is -0.110. The molecule has 0 radical (unpaired) electrons. The molecule has 0 heterocycles.